The summed E-state index contributed by atoms with van der Waals surface area (Å²) in [5.74, 6) is -2.20. The summed E-state index contributed by atoms with van der Waals surface area (Å²) >= 11 is 11.3. The van der Waals surface area contributed by atoms with Gasteiger partial charge in [0.2, 0.25) is 11.2 Å². The summed E-state index contributed by atoms with van der Waals surface area (Å²) in [6.45, 7) is 2.54. The van der Waals surface area contributed by atoms with E-state index in [1.807, 2.05) is 24.4 Å². The van der Waals surface area contributed by atoms with Crippen molar-refractivity contribution in [3.63, 3.8) is 0 Å². The van der Waals surface area contributed by atoms with Gasteiger partial charge in [-0.1, -0.05) is 6.07 Å². The molecule has 0 radical (unpaired) electrons. The van der Waals surface area contributed by atoms with Crippen LogP contribution in [0.2, 0.25) is 5.28 Å². The third-order valence-corrected chi connectivity index (χ3v) is 6.61. The van der Waals surface area contributed by atoms with Gasteiger partial charge < -0.3 is 5.32 Å². The first-order chi connectivity index (χ1) is 12.4. The minimum absolute atomic E-state index is 0.0777. The number of rotatable bonds is 4. The average molecular weight is 462 g/mol. The van der Waals surface area contributed by atoms with Crippen LogP contribution in [0.15, 0.2) is 22.1 Å². The van der Waals surface area contributed by atoms with E-state index in [0.717, 1.165) is 21.5 Å². The third kappa shape index (κ3) is 3.23. The van der Waals surface area contributed by atoms with Crippen LogP contribution in [0.1, 0.15) is 41.2 Å². The number of hydrogen-bond donors (Lipinski definition) is 1. The van der Waals surface area contributed by atoms with Gasteiger partial charge in [0.1, 0.15) is 10.1 Å². The standard InChI is InChI=1S/C17H16BrClF2N4S/c1-9-12(10-4-5-17(20,21)7-10)14(18)25-13(9)15(23-16(19)24-25)22-8-11-3-2-6-26-11/h2-3,6,10H,4-5,7-8H2,1H3,(H,22,23,24). The molecule has 138 valence electrons. The van der Waals surface area contributed by atoms with E-state index in [1.165, 1.54) is 0 Å². The summed E-state index contributed by atoms with van der Waals surface area (Å²) in [6.07, 6.45) is 0.247. The fraction of sp³-hybridized carbons (Fsp3) is 0.412. The molecule has 1 fully saturated rings. The zero-order valence-corrected chi connectivity index (χ0v) is 17.1. The van der Waals surface area contributed by atoms with Crippen molar-refractivity contribution in [1.82, 2.24) is 14.6 Å². The Balaban J connectivity index is 1.77. The smallest absolute Gasteiger partial charge is 0.248 e. The molecule has 1 aliphatic rings. The molecule has 0 spiro atoms. The molecule has 26 heavy (non-hydrogen) atoms. The Morgan fingerprint density at radius 2 is 2.31 bits per heavy atom. The molecule has 0 amide bonds. The summed E-state index contributed by atoms with van der Waals surface area (Å²) in [6, 6.07) is 4.02. The number of anilines is 1. The molecule has 1 saturated carbocycles. The quantitative estimate of drug-likeness (QED) is 0.516. The van der Waals surface area contributed by atoms with Crippen molar-refractivity contribution in [2.75, 3.05) is 5.32 Å². The molecule has 0 bridgehead atoms. The lowest BCUT2D eigenvalue weighted by atomic mass is 9.96. The van der Waals surface area contributed by atoms with E-state index in [2.05, 4.69) is 31.3 Å². The lowest BCUT2D eigenvalue weighted by Crippen LogP contribution is -2.09. The van der Waals surface area contributed by atoms with E-state index in [-0.39, 0.29) is 24.0 Å². The molecular formula is C17H16BrClF2N4S. The topological polar surface area (TPSA) is 42.2 Å². The molecule has 0 aliphatic heterocycles. The Kier molecular flexibility index (Phi) is 4.69. The summed E-state index contributed by atoms with van der Waals surface area (Å²) in [7, 11) is 0. The van der Waals surface area contributed by atoms with Crippen LogP contribution in [0.5, 0.6) is 0 Å². The molecule has 3 aromatic rings. The van der Waals surface area contributed by atoms with Crippen molar-refractivity contribution in [3.8, 4) is 0 Å². The highest BCUT2D eigenvalue weighted by atomic mass is 79.9. The number of thiophene rings is 1. The van der Waals surface area contributed by atoms with Crippen molar-refractivity contribution >= 4 is 50.2 Å². The van der Waals surface area contributed by atoms with Crippen LogP contribution in [0.4, 0.5) is 14.6 Å². The summed E-state index contributed by atoms with van der Waals surface area (Å²) in [4.78, 5) is 5.49. The van der Waals surface area contributed by atoms with Gasteiger partial charge in [-0.25, -0.2) is 13.3 Å². The Morgan fingerprint density at radius 1 is 1.50 bits per heavy atom. The van der Waals surface area contributed by atoms with Gasteiger partial charge >= 0.3 is 0 Å². The second-order valence-electron chi connectivity index (χ2n) is 6.55. The van der Waals surface area contributed by atoms with E-state index in [0.29, 0.717) is 23.4 Å². The molecule has 9 heteroatoms. The Morgan fingerprint density at radius 3 is 2.96 bits per heavy atom. The normalized spacial score (nSPS) is 19.3. The minimum atomic E-state index is -2.60. The molecule has 0 aromatic carbocycles. The van der Waals surface area contributed by atoms with Crippen LogP contribution in [0.25, 0.3) is 5.52 Å². The molecule has 4 nitrogen and oxygen atoms in total. The van der Waals surface area contributed by atoms with Crippen molar-refractivity contribution in [2.24, 2.45) is 0 Å². The molecular weight excluding hydrogens is 446 g/mol. The maximum Gasteiger partial charge on any atom is 0.248 e. The number of aromatic nitrogens is 3. The second kappa shape index (κ2) is 6.73. The lowest BCUT2D eigenvalue weighted by molar-refractivity contribution is 0.00774. The first-order valence-corrected chi connectivity index (χ1v) is 10.3. The van der Waals surface area contributed by atoms with Crippen LogP contribution >= 0.6 is 38.9 Å². The average Bonchev–Trinajstić information content (AvgIpc) is 3.26. The minimum Gasteiger partial charge on any atom is -0.363 e. The largest absolute Gasteiger partial charge is 0.363 e. The molecule has 0 saturated heterocycles. The molecule has 1 unspecified atom stereocenters. The van der Waals surface area contributed by atoms with Crippen LogP contribution in [-0.2, 0) is 6.54 Å². The maximum absolute atomic E-state index is 13.7. The van der Waals surface area contributed by atoms with Gasteiger partial charge in [0.25, 0.3) is 0 Å². The number of fused-ring (bicyclic) bond motifs is 1. The fourth-order valence-corrected chi connectivity index (χ4v) is 5.34. The first-order valence-electron chi connectivity index (χ1n) is 8.24. The number of nitrogens with zero attached hydrogens (tertiary/aromatic N) is 3. The molecule has 1 aliphatic carbocycles. The van der Waals surface area contributed by atoms with Crippen LogP contribution in [-0.4, -0.2) is 20.5 Å². The van der Waals surface area contributed by atoms with Gasteiger partial charge in [0.15, 0.2) is 5.82 Å². The van der Waals surface area contributed by atoms with Crippen LogP contribution < -0.4 is 5.32 Å². The van der Waals surface area contributed by atoms with Gasteiger partial charge in [0.05, 0.1) is 6.54 Å². The summed E-state index contributed by atoms with van der Waals surface area (Å²) in [5.41, 5.74) is 2.55. The number of aryl methyl sites for hydroxylation is 1. The van der Waals surface area contributed by atoms with E-state index in [9.17, 15) is 8.78 Å². The summed E-state index contributed by atoms with van der Waals surface area (Å²) in [5, 5.41) is 9.69. The zero-order chi connectivity index (χ0) is 18.5. The van der Waals surface area contributed by atoms with E-state index in [4.69, 9.17) is 11.6 Å². The predicted molar refractivity (Wildman–Crippen MR) is 104 cm³/mol. The third-order valence-electron chi connectivity index (χ3n) is 4.81. The van der Waals surface area contributed by atoms with E-state index >= 15 is 0 Å². The number of hydrogen-bond acceptors (Lipinski definition) is 4. The van der Waals surface area contributed by atoms with Gasteiger partial charge in [-0.3, -0.25) is 0 Å². The van der Waals surface area contributed by atoms with Crippen molar-refractivity contribution < 1.29 is 8.78 Å². The number of halogens is 4. The van der Waals surface area contributed by atoms with Crippen LogP contribution in [0, 0.1) is 6.92 Å². The molecule has 3 aromatic heterocycles. The highest BCUT2D eigenvalue weighted by Crippen LogP contribution is 2.48. The monoisotopic (exact) mass is 460 g/mol. The summed E-state index contributed by atoms with van der Waals surface area (Å²) < 4.78 is 29.8. The SMILES string of the molecule is Cc1c(C2CCC(F)(F)C2)c(Br)n2nc(Cl)nc(NCc3cccs3)c12. The lowest BCUT2D eigenvalue weighted by Gasteiger charge is -2.11. The molecule has 3 heterocycles. The Labute approximate surface area is 166 Å². The van der Waals surface area contributed by atoms with Crippen LogP contribution in [0.3, 0.4) is 0 Å². The Bertz CT molecular complexity index is 958. The maximum atomic E-state index is 13.7. The van der Waals surface area contributed by atoms with Gasteiger partial charge in [-0.2, -0.15) is 4.98 Å². The Hall–Kier alpha value is -1.25. The van der Waals surface area contributed by atoms with Gasteiger partial charge in [-0.05, 0) is 69.4 Å². The van der Waals surface area contributed by atoms with Gasteiger partial charge in [0, 0.05) is 17.7 Å². The molecule has 1 N–H and O–H groups in total. The predicted octanol–water partition coefficient (Wildman–Crippen LogP) is 6.03. The molecule has 1 atom stereocenters. The fourth-order valence-electron chi connectivity index (χ4n) is 3.65. The van der Waals surface area contributed by atoms with Crippen molar-refractivity contribution in [1.29, 1.82) is 0 Å². The van der Waals surface area contributed by atoms with Crippen molar-refractivity contribution in [3.05, 3.63) is 43.4 Å². The second-order valence-corrected chi connectivity index (χ2v) is 8.67. The zero-order valence-electron chi connectivity index (χ0n) is 13.9. The molecule has 4 rings (SSSR count). The van der Waals surface area contributed by atoms with Gasteiger partial charge in [-0.15, -0.1) is 16.4 Å². The van der Waals surface area contributed by atoms with E-state index < -0.39 is 5.92 Å². The van der Waals surface area contributed by atoms with E-state index in [1.54, 1.807) is 15.9 Å². The number of alkyl halides is 2. The highest BCUT2D eigenvalue weighted by Gasteiger charge is 2.42. The highest BCUT2D eigenvalue weighted by molar-refractivity contribution is 9.10. The van der Waals surface area contributed by atoms with Crippen molar-refractivity contribution in [2.45, 2.75) is 44.6 Å². The first kappa shape index (κ1) is 18.1. The number of nitrogens with one attached hydrogen (secondary N) is 1.